The van der Waals surface area contributed by atoms with Gasteiger partial charge in [0.15, 0.2) is 0 Å². The molecule has 1 heterocycles. The van der Waals surface area contributed by atoms with Crippen molar-refractivity contribution < 1.29 is 14.0 Å². The molecule has 0 amide bonds. The number of methoxy groups -OCH3 is 2. The van der Waals surface area contributed by atoms with Gasteiger partial charge in [0.05, 0.1) is 20.8 Å². The third kappa shape index (κ3) is 2.78. The Bertz CT molecular complexity index is 617. The van der Waals surface area contributed by atoms with Crippen molar-refractivity contribution >= 4 is 0 Å². The molecule has 1 aromatic heterocycles. The van der Waals surface area contributed by atoms with Crippen molar-refractivity contribution in [1.82, 2.24) is 5.16 Å². The van der Waals surface area contributed by atoms with Gasteiger partial charge in [0.2, 0.25) is 0 Å². The normalized spacial score (nSPS) is 9.79. The van der Waals surface area contributed by atoms with Gasteiger partial charge < -0.3 is 14.0 Å². The maximum atomic E-state index is 8.25. The first-order valence-corrected chi connectivity index (χ1v) is 5.47. The average molecular weight is 260 g/mol. The molecule has 0 aliphatic heterocycles. The van der Waals surface area contributed by atoms with Gasteiger partial charge in [-0.25, -0.2) is 0 Å². The number of ether oxygens (including phenoxy) is 2. The Balaban J connectivity index is 2.35. The van der Waals surface area contributed by atoms with E-state index in [4.69, 9.17) is 19.5 Å². The minimum absolute atomic E-state index is 0.127. The van der Waals surface area contributed by atoms with Crippen LogP contribution in [0, 0.1) is 0 Å². The number of nitrogens with zero attached hydrogens (tertiary/aromatic N) is 4. The Hall–Kier alpha value is -2.66. The molecule has 0 fully saturated rings. The molecule has 19 heavy (non-hydrogen) atoms. The van der Waals surface area contributed by atoms with Crippen molar-refractivity contribution in [2.24, 2.45) is 5.11 Å². The minimum atomic E-state index is 0.127. The van der Waals surface area contributed by atoms with Crippen LogP contribution in [0.15, 0.2) is 33.9 Å². The monoisotopic (exact) mass is 260 g/mol. The van der Waals surface area contributed by atoms with Gasteiger partial charge in [-0.05, 0) is 17.7 Å². The second kappa shape index (κ2) is 5.79. The Kier molecular flexibility index (Phi) is 3.90. The molecule has 0 aliphatic carbocycles. The highest BCUT2D eigenvalue weighted by atomic mass is 16.5. The van der Waals surface area contributed by atoms with E-state index in [1.165, 1.54) is 0 Å². The molecule has 7 heteroatoms. The van der Waals surface area contributed by atoms with Gasteiger partial charge in [0.1, 0.15) is 23.0 Å². The van der Waals surface area contributed by atoms with E-state index in [0.29, 0.717) is 23.0 Å². The first-order valence-electron chi connectivity index (χ1n) is 5.47. The lowest BCUT2D eigenvalue weighted by Crippen LogP contribution is -1.90. The van der Waals surface area contributed by atoms with Crippen LogP contribution < -0.4 is 9.47 Å². The van der Waals surface area contributed by atoms with Crippen LogP contribution in [-0.4, -0.2) is 19.4 Å². The summed E-state index contributed by atoms with van der Waals surface area (Å²) >= 11 is 0. The fourth-order valence-corrected chi connectivity index (χ4v) is 1.63. The van der Waals surface area contributed by atoms with E-state index in [9.17, 15) is 0 Å². The molecule has 0 aliphatic rings. The number of benzene rings is 1. The molecule has 1 aromatic carbocycles. The first kappa shape index (κ1) is 12.8. The van der Waals surface area contributed by atoms with Crippen LogP contribution in [0.25, 0.3) is 21.7 Å². The van der Waals surface area contributed by atoms with Crippen LogP contribution in [-0.2, 0) is 6.54 Å². The van der Waals surface area contributed by atoms with E-state index in [1.807, 2.05) is 6.07 Å². The zero-order valence-corrected chi connectivity index (χ0v) is 10.5. The zero-order valence-electron chi connectivity index (χ0n) is 10.5. The number of aromatic nitrogens is 1. The SMILES string of the molecule is COc1ccc(-c2cc(CN=[N+]=[N-])on2)c(OC)c1. The summed E-state index contributed by atoms with van der Waals surface area (Å²) < 4.78 is 15.5. The predicted octanol–water partition coefficient (Wildman–Crippen LogP) is 3.17. The van der Waals surface area contributed by atoms with Crippen molar-refractivity contribution in [3.05, 3.63) is 40.5 Å². The van der Waals surface area contributed by atoms with Gasteiger partial charge in [-0.2, -0.15) is 0 Å². The predicted molar refractivity (Wildman–Crippen MR) is 67.9 cm³/mol. The highest BCUT2D eigenvalue weighted by Crippen LogP contribution is 2.32. The van der Waals surface area contributed by atoms with Crippen LogP contribution in [0.2, 0.25) is 0 Å². The topological polar surface area (TPSA) is 93.2 Å². The van der Waals surface area contributed by atoms with E-state index in [0.717, 1.165) is 5.56 Å². The highest BCUT2D eigenvalue weighted by Gasteiger charge is 2.12. The standard InChI is InChI=1S/C12H12N4O3/c1-17-8-3-4-10(12(6-8)18-2)11-5-9(19-15-11)7-14-16-13/h3-6H,7H2,1-2H3. The molecule has 0 N–H and O–H groups in total. The molecule has 7 nitrogen and oxygen atoms in total. The van der Waals surface area contributed by atoms with Crippen molar-refractivity contribution in [2.75, 3.05) is 14.2 Å². The van der Waals surface area contributed by atoms with E-state index >= 15 is 0 Å². The van der Waals surface area contributed by atoms with Crippen molar-refractivity contribution in [3.63, 3.8) is 0 Å². The quantitative estimate of drug-likeness (QED) is 0.468. The fourth-order valence-electron chi connectivity index (χ4n) is 1.63. The number of hydrogen-bond acceptors (Lipinski definition) is 5. The van der Waals surface area contributed by atoms with Crippen molar-refractivity contribution in [2.45, 2.75) is 6.54 Å². The van der Waals surface area contributed by atoms with Gasteiger partial charge in [0, 0.05) is 22.6 Å². The molecular formula is C12H12N4O3. The largest absolute Gasteiger partial charge is 0.497 e. The molecule has 0 atom stereocenters. The van der Waals surface area contributed by atoms with E-state index < -0.39 is 0 Å². The van der Waals surface area contributed by atoms with Crippen LogP contribution >= 0.6 is 0 Å². The summed E-state index contributed by atoms with van der Waals surface area (Å²) in [6.45, 7) is 0.127. The summed E-state index contributed by atoms with van der Waals surface area (Å²) in [5.41, 5.74) is 9.64. The van der Waals surface area contributed by atoms with Gasteiger partial charge in [0.25, 0.3) is 0 Å². The van der Waals surface area contributed by atoms with E-state index in [-0.39, 0.29) is 6.54 Å². The second-order valence-electron chi connectivity index (χ2n) is 3.63. The van der Waals surface area contributed by atoms with Gasteiger partial charge in [-0.15, -0.1) is 0 Å². The molecule has 2 aromatic rings. The summed E-state index contributed by atoms with van der Waals surface area (Å²) in [6.07, 6.45) is 0. The Morgan fingerprint density at radius 3 is 2.84 bits per heavy atom. The second-order valence-corrected chi connectivity index (χ2v) is 3.63. The van der Waals surface area contributed by atoms with Crippen LogP contribution in [0.5, 0.6) is 11.5 Å². The maximum absolute atomic E-state index is 8.25. The lowest BCUT2D eigenvalue weighted by Gasteiger charge is -2.07. The molecule has 0 unspecified atom stereocenters. The van der Waals surface area contributed by atoms with Crippen LogP contribution in [0.4, 0.5) is 0 Å². The van der Waals surface area contributed by atoms with Crippen LogP contribution in [0.1, 0.15) is 5.76 Å². The average Bonchev–Trinajstić information content (AvgIpc) is 2.92. The first-order chi connectivity index (χ1) is 9.28. The molecule has 0 bridgehead atoms. The fraction of sp³-hybridized carbons (Fsp3) is 0.250. The number of azide groups is 1. The Morgan fingerprint density at radius 2 is 2.16 bits per heavy atom. The number of rotatable bonds is 5. The third-order valence-corrected chi connectivity index (χ3v) is 2.53. The van der Waals surface area contributed by atoms with E-state index in [2.05, 4.69) is 15.2 Å². The summed E-state index contributed by atoms with van der Waals surface area (Å²) in [5, 5.41) is 7.34. The van der Waals surface area contributed by atoms with Gasteiger partial charge in [-0.3, -0.25) is 0 Å². The zero-order chi connectivity index (χ0) is 13.7. The van der Waals surface area contributed by atoms with Crippen molar-refractivity contribution in [3.8, 4) is 22.8 Å². The summed E-state index contributed by atoms with van der Waals surface area (Å²) in [7, 11) is 3.15. The summed E-state index contributed by atoms with van der Waals surface area (Å²) in [6, 6.07) is 7.10. The molecule has 0 spiro atoms. The smallest absolute Gasteiger partial charge is 0.143 e. The molecule has 2 rings (SSSR count). The minimum Gasteiger partial charge on any atom is -0.497 e. The maximum Gasteiger partial charge on any atom is 0.143 e. The lowest BCUT2D eigenvalue weighted by atomic mass is 10.1. The third-order valence-electron chi connectivity index (χ3n) is 2.53. The van der Waals surface area contributed by atoms with Gasteiger partial charge in [-0.1, -0.05) is 10.3 Å². The molecule has 98 valence electrons. The summed E-state index contributed by atoms with van der Waals surface area (Å²) in [4.78, 5) is 2.67. The Labute approximate surface area is 109 Å². The number of hydrogen-bond donors (Lipinski definition) is 0. The summed E-state index contributed by atoms with van der Waals surface area (Å²) in [5.74, 6) is 1.81. The lowest BCUT2D eigenvalue weighted by molar-refractivity contribution is 0.384. The van der Waals surface area contributed by atoms with Crippen molar-refractivity contribution in [1.29, 1.82) is 0 Å². The molecular weight excluding hydrogens is 248 g/mol. The highest BCUT2D eigenvalue weighted by molar-refractivity contribution is 5.68. The van der Waals surface area contributed by atoms with E-state index in [1.54, 1.807) is 32.4 Å². The molecule has 0 saturated carbocycles. The van der Waals surface area contributed by atoms with Gasteiger partial charge >= 0.3 is 0 Å². The van der Waals surface area contributed by atoms with Crippen LogP contribution in [0.3, 0.4) is 0 Å². The Morgan fingerprint density at radius 1 is 1.32 bits per heavy atom. The molecule has 0 saturated heterocycles. The molecule has 0 radical (unpaired) electrons.